The van der Waals surface area contributed by atoms with Gasteiger partial charge in [0.15, 0.2) is 5.76 Å². The Morgan fingerprint density at radius 3 is 2.62 bits per heavy atom. The quantitative estimate of drug-likeness (QED) is 0.161. The molecular weight excluding hydrogens is 626 g/mol. The molecule has 9 heteroatoms. The molecule has 8 nitrogen and oxygen atoms in total. The molecule has 3 aliphatic rings. The molecule has 2 amide bonds. The molecule has 48 heavy (non-hydrogen) atoms. The van der Waals surface area contributed by atoms with Crippen LogP contribution in [0.25, 0.3) is 0 Å². The van der Waals surface area contributed by atoms with Crippen molar-refractivity contribution in [3.63, 3.8) is 0 Å². The van der Waals surface area contributed by atoms with Crippen LogP contribution in [0.3, 0.4) is 0 Å². The fourth-order valence-corrected chi connectivity index (χ4v) is 6.69. The Kier molecular flexibility index (Phi) is 11.0. The molecule has 2 atom stereocenters. The highest BCUT2D eigenvalue weighted by Crippen LogP contribution is 2.36. The zero-order valence-corrected chi connectivity index (χ0v) is 28.3. The maximum atomic E-state index is 13.6. The Morgan fingerprint density at radius 1 is 1.08 bits per heavy atom. The molecule has 0 aromatic heterocycles. The van der Waals surface area contributed by atoms with Crippen LogP contribution in [0.4, 0.5) is 5.69 Å². The fourth-order valence-electron chi connectivity index (χ4n) is 6.56. The van der Waals surface area contributed by atoms with Crippen molar-refractivity contribution in [1.29, 1.82) is 0 Å². The lowest BCUT2D eigenvalue weighted by molar-refractivity contribution is -0.128. The van der Waals surface area contributed by atoms with Crippen molar-refractivity contribution >= 4 is 29.1 Å². The Labute approximate surface area is 288 Å². The zero-order valence-electron chi connectivity index (χ0n) is 27.5. The number of piperidine rings is 1. The van der Waals surface area contributed by atoms with Gasteiger partial charge >= 0.3 is 0 Å². The molecule has 0 bridgehead atoms. The maximum absolute atomic E-state index is 13.6. The second-order valence-corrected chi connectivity index (χ2v) is 13.2. The molecule has 3 heterocycles. The average molecular weight is 670 g/mol. The number of para-hydroxylation sites is 1. The van der Waals surface area contributed by atoms with Gasteiger partial charge in [-0.25, -0.2) is 0 Å². The lowest BCUT2D eigenvalue weighted by Gasteiger charge is -2.33. The Morgan fingerprint density at radius 2 is 1.88 bits per heavy atom. The van der Waals surface area contributed by atoms with Crippen LogP contribution >= 0.6 is 11.6 Å². The summed E-state index contributed by atoms with van der Waals surface area (Å²) < 4.78 is 11.8. The molecule has 2 saturated heterocycles. The van der Waals surface area contributed by atoms with E-state index in [4.69, 9.17) is 21.1 Å². The van der Waals surface area contributed by atoms with E-state index in [1.54, 1.807) is 18.2 Å². The number of fused-ring (bicyclic) bond motifs is 1. The first-order valence-electron chi connectivity index (χ1n) is 17.1. The third-order valence-corrected chi connectivity index (χ3v) is 9.46. The van der Waals surface area contributed by atoms with E-state index < -0.39 is 6.10 Å². The summed E-state index contributed by atoms with van der Waals surface area (Å²) in [6.07, 6.45) is 8.47. The summed E-state index contributed by atoms with van der Waals surface area (Å²) in [5, 5.41) is 14.7. The molecule has 3 aliphatic heterocycles. The molecule has 3 aromatic carbocycles. The van der Waals surface area contributed by atoms with Gasteiger partial charge in [-0.05, 0) is 85.7 Å². The minimum atomic E-state index is -0.993. The number of aliphatic hydroxyl groups is 1. The number of likely N-dealkylation sites (tertiary alicyclic amines) is 1. The lowest BCUT2D eigenvalue weighted by atomic mass is 9.97. The molecular formula is C39H44ClN3O5. The van der Waals surface area contributed by atoms with Crippen LogP contribution in [0, 0.1) is 0 Å². The Bertz CT molecular complexity index is 1660. The van der Waals surface area contributed by atoms with E-state index in [1.807, 2.05) is 35.2 Å². The van der Waals surface area contributed by atoms with Crippen molar-refractivity contribution in [2.24, 2.45) is 0 Å². The molecule has 0 spiro atoms. The van der Waals surface area contributed by atoms with Gasteiger partial charge in [-0.1, -0.05) is 66.9 Å². The minimum absolute atomic E-state index is 0.0667. The molecule has 0 aliphatic carbocycles. The molecule has 0 radical (unpaired) electrons. The SMILES string of the molecule is CCCCOc1ccc2c(c1)C(O)C=C(C(=O)N[C@@H](C=C1CCN(c3ccccc3CN3CCCC3=O)CC1)Cc1ccc(Cl)cc1)O2. The summed E-state index contributed by atoms with van der Waals surface area (Å²) in [4.78, 5) is 30.3. The highest BCUT2D eigenvalue weighted by molar-refractivity contribution is 6.30. The number of rotatable bonds is 12. The van der Waals surface area contributed by atoms with Crippen molar-refractivity contribution in [3.8, 4) is 11.5 Å². The van der Waals surface area contributed by atoms with Crippen LogP contribution in [0.2, 0.25) is 5.02 Å². The largest absolute Gasteiger partial charge is 0.494 e. The van der Waals surface area contributed by atoms with Crippen LogP contribution in [0.5, 0.6) is 11.5 Å². The first kappa shape index (κ1) is 33.6. The van der Waals surface area contributed by atoms with Crippen molar-refractivity contribution < 1.29 is 24.2 Å². The number of halogens is 1. The van der Waals surface area contributed by atoms with Crippen LogP contribution < -0.4 is 19.7 Å². The number of hydrogen-bond acceptors (Lipinski definition) is 6. The van der Waals surface area contributed by atoms with E-state index in [0.29, 0.717) is 48.1 Å². The van der Waals surface area contributed by atoms with E-state index in [0.717, 1.165) is 57.3 Å². The average Bonchev–Trinajstić information content (AvgIpc) is 3.50. The molecule has 0 saturated carbocycles. The topological polar surface area (TPSA) is 91.3 Å². The Balaban J connectivity index is 1.14. The van der Waals surface area contributed by atoms with Crippen molar-refractivity contribution in [2.45, 2.75) is 70.6 Å². The first-order chi connectivity index (χ1) is 23.4. The van der Waals surface area contributed by atoms with Gasteiger partial charge in [-0.15, -0.1) is 0 Å². The highest BCUT2D eigenvalue weighted by Gasteiger charge is 2.27. The summed E-state index contributed by atoms with van der Waals surface area (Å²) in [6.45, 7) is 5.87. The summed E-state index contributed by atoms with van der Waals surface area (Å²) in [6, 6.07) is 21.0. The molecule has 2 fully saturated rings. The van der Waals surface area contributed by atoms with Gasteiger partial charge in [-0.2, -0.15) is 0 Å². The fraction of sp³-hybridized carbons (Fsp3) is 0.385. The number of hydrogen-bond donors (Lipinski definition) is 2. The molecule has 1 unspecified atom stereocenters. The van der Waals surface area contributed by atoms with E-state index in [9.17, 15) is 14.7 Å². The van der Waals surface area contributed by atoms with Gasteiger partial charge in [0, 0.05) is 48.9 Å². The van der Waals surface area contributed by atoms with Gasteiger partial charge in [-0.3, -0.25) is 9.59 Å². The van der Waals surface area contributed by atoms with Gasteiger partial charge in [0.05, 0.1) is 12.6 Å². The predicted molar refractivity (Wildman–Crippen MR) is 188 cm³/mol. The number of nitrogens with one attached hydrogen (secondary N) is 1. The standard InChI is InChI=1S/C39H44ClN3O5/c1-2-3-21-47-32-14-15-36-33(24-32)35(44)25-37(48-36)39(46)41-31(22-27-10-12-30(40)13-11-27)23-28-16-19-42(20-17-28)34-8-5-4-7-29(34)26-43-18-6-9-38(43)45/h4-5,7-8,10-15,23-25,31,35,44H,2-3,6,9,16-22,26H2,1H3,(H,41,46)/t31-,35?/m1/s1. The number of ether oxygens (including phenoxy) is 2. The number of carbonyl (C=O) groups excluding carboxylic acids is 2. The Hall–Kier alpha value is -4.27. The van der Waals surface area contributed by atoms with Gasteiger partial charge in [0.2, 0.25) is 5.91 Å². The van der Waals surface area contributed by atoms with Gasteiger partial charge in [0.1, 0.15) is 17.6 Å². The highest BCUT2D eigenvalue weighted by atomic mass is 35.5. The van der Waals surface area contributed by atoms with Gasteiger partial charge < -0.3 is 29.7 Å². The van der Waals surface area contributed by atoms with Crippen molar-refractivity contribution in [3.05, 3.63) is 112 Å². The van der Waals surface area contributed by atoms with Crippen LogP contribution in [-0.2, 0) is 22.6 Å². The smallest absolute Gasteiger partial charge is 0.287 e. The normalized spacial score (nSPS) is 18.1. The summed E-state index contributed by atoms with van der Waals surface area (Å²) in [7, 11) is 0. The third kappa shape index (κ3) is 8.41. The lowest BCUT2D eigenvalue weighted by Crippen LogP contribution is -2.39. The van der Waals surface area contributed by atoms with E-state index in [-0.39, 0.29) is 23.6 Å². The predicted octanol–water partition coefficient (Wildman–Crippen LogP) is 6.91. The molecule has 2 N–H and O–H groups in total. The second-order valence-electron chi connectivity index (χ2n) is 12.7. The maximum Gasteiger partial charge on any atom is 0.287 e. The number of aliphatic hydroxyl groups excluding tert-OH is 1. The van der Waals surface area contributed by atoms with E-state index >= 15 is 0 Å². The number of unbranched alkanes of at least 4 members (excludes halogenated alkanes) is 1. The zero-order chi connectivity index (χ0) is 33.5. The molecule has 252 valence electrons. The second kappa shape index (κ2) is 15.8. The number of carbonyl (C=O) groups is 2. The number of amides is 2. The van der Waals surface area contributed by atoms with Crippen LogP contribution in [-0.4, -0.2) is 54.1 Å². The summed E-state index contributed by atoms with van der Waals surface area (Å²) >= 11 is 6.15. The first-order valence-corrected chi connectivity index (χ1v) is 17.4. The van der Waals surface area contributed by atoms with E-state index in [2.05, 4.69) is 41.4 Å². The monoisotopic (exact) mass is 669 g/mol. The van der Waals surface area contributed by atoms with Crippen LogP contribution in [0.1, 0.15) is 68.2 Å². The van der Waals surface area contributed by atoms with E-state index in [1.165, 1.54) is 22.9 Å². The molecule has 6 rings (SSSR count). The van der Waals surface area contributed by atoms with Gasteiger partial charge in [0.25, 0.3) is 5.91 Å². The summed E-state index contributed by atoms with van der Waals surface area (Å²) in [5.41, 5.74) is 5.25. The molecule has 3 aromatic rings. The minimum Gasteiger partial charge on any atom is -0.494 e. The number of anilines is 1. The number of benzene rings is 3. The van der Waals surface area contributed by atoms with Crippen LogP contribution in [0.15, 0.2) is 90.2 Å². The summed E-state index contributed by atoms with van der Waals surface area (Å²) in [5.74, 6) is 1.01. The number of nitrogens with zero attached hydrogens (tertiary/aromatic N) is 2. The third-order valence-electron chi connectivity index (χ3n) is 9.21. The van der Waals surface area contributed by atoms with Crippen molar-refractivity contribution in [1.82, 2.24) is 10.2 Å². The van der Waals surface area contributed by atoms with Crippen molar-refractivity contribution in [2.75, 3.05) is 31.1 Å².